The van der Waals surface area contributed by atoms with Crippen LogP contribution >= 0.6 is 0 Å². The zero-order chi connectivity index (χ0) is 12.4. The van der Waals surface area contributed by atoms with Crippen molar-refractivity contribution < 1.29 is 4.74 Å². The fourth-order valence-corrected chi connectivity index (χ4v) is 2.15. The van der Waals surface area contributed by atoms with Crippen LogP contribution < -0.4 is 15.0 Å². The first-order valence-electron chi connectivity index (χ1n) is 5.76. The summed E-state index contributed by atoms with van der Waals surface area (Å²) in [5.74, 6) is 0.704. The maximum Gasteiger partial charge on any atom is 0.160 e. The first kappa shape index (κ1) is 11.7. The third-order valence-corrected chi connectivity index (χ3v) is 3.32. The van der Waals surface area contributed by atoms with Gasteiger partial charge in [-0.2, -0.15) is 5.26 Å². The minimum atomic E-state index is 0.0620. The van der Waals surface area contributed by atoms with E-state index in [9.17, 15) is 0 Å². The van der Waals surface area contributed by atoms with Gasteiger partial charge in [0.15, 0.2) is 5.75 Å². The Hall–Kier alpha value is -1.73. The highest BCUT2D eigenvalue weighted by molar-refractivity contribution is 5.66. The number of benzene rings is 1. The van der Waals surface area contributed by atoms with Crippen LogP contribution in [-0.2, 0) is 0 Å². The highest BCUT2D eigenvalue weighted by atomic mass is 16.5. The summed E-state index contributed by atoms with van der Waals surface area (Å²) in [5.41, 5.74) is 1.59. The second-order valence-corrected chi connectivity index (χ2v) is 4.33. The van der Waals surface area contributed by atoms with Crippen molar-refractivity contribution in [3.8, 4) is 11.8 Å². The van der Waals surface area contributed by atoms with Gasteiger partial charge in [-0.25, -0.2) is 0 Å². The third kappa shape index (κ3) is 1.94. The van der Waals surface area contributed by atoms with Crippen molar-refractivity contribution in [2.75, 3.05) is 25.5 Å². The van der Waals surface area contributed by atoms with Crippen molar-refractivity contribution in [1.82, 2.24) is 5.32 Å². The SMILES string of the molecule is CNCC1Oc2c(C#N)cccc2N(C)C1C. The molecule has 90 valence electrons. The molecule has 17 heavy (non-hydrogen) atoms. The number of anilines is 1. The summed E-state index contributed by atoms with van der Waals surface area (Å²) in [6.45, 7) is 2.90. The van der Waals surface area contributed by atoms with Crippen molar-refractivity contribution in [2.45, 2.75) is 19.1 Å². The van der Waals surface area contributed by atoms with Crippen molar-refractivity contribution in [3.05, 3.63) is 23.8 Å². The summed E-state index contributed by atoms with van der Waals surface area (Å²) < 4.78 is 5.95. The largest absolute Gasteiger partial charge is 0.483 e. The second-order valence-electron chi connectivity index (χ2n) is 4.33. The quantitative estimate of drug-likeness (QED) is 0.835. The van der Waals surface area contributed by atoms with Crippen molar-refractivity contribution in [1.29, 1.82) is 5.26 Å². The molecule has 1 N–H and O–H groups in total. The van der Waals surface area contributed by atoms with Crippen LogP contribution in [-0.4, -0.2) is 32.8 Å². The van der Waals surface area contributed by atoms with Gasteiger partial charge in [0, 0.05) is 13.6 Å². The van der Waals surface area contributed by atoms with Crippen LogP contribution in [0.3, 0.4) is 0 Å². The molecule has 1 heterocycles. The van der Waals surface area contributed by atoms with E-state index in [-0.39, 0.29) is 12.1 Å². The van der Waals surface area contributed by atoms with E-state index >= 15 is 0 Å². The van der Waals surface area contributed by atoms with E-state index in [1.54, 1.807) is 6.07 Å². The Balaban J connectivity index is 2.42. The maximum absolute atomic E-state index is 9.10. The zero-order valence-corrected chi connectivity index (χ0v) is 10.4. The van der Waals surface area contributed by atoms with Crippen LogP contribution in [0.15, 0.2) is 18.2 Å². The van der Waals surface area contributed by atoms with E-state index < -0.39 is 0 Å². The van der Waals surface area contributed by atoms with Gasteiger partial charge in [0.05, 0.1) is 17.3 Å². The van der Waals surface area contributed by atoms with Gasteiger partial charge in [0.2, 0.25) is 0 Å². The lowest BCUT2D eigenvalue weighted by atomic mass is 10.0. The number of likely N-dealkylation sites (N-methyl/N-ethyl adjacent to an activating group) is 2. The minimum absolute atomic E-state index is 0.0620. The standard InChI is InChI=1S/C13H17N3O/c1-9-12(8-15-2)17-13-10(7-14)5-4-6-11(13)16(9)3/h4-6,9,12,15H,8H2,1-3H3. The summed E-state index contributed by atoms with van der Waals surface area (Å²) in [7, 11) is 3.94. The lowest BCUT2D eigenvalue weighted by Gasteiger charge is -2.40. The summed E-state index contributed by atoms with van der Waals surface area (Å²) in [4.78, 5) is 2.17. The number of nitriles is 1. The molecule has 2 atom stereocenters. The normalized spacial score (nSPS) is 22.6. The number of ether oxygens (including phenoxy) is 1. The van der Waals surface area contributed by atoms with Crippen LogP contribution in [0.1, 0.15) is 12.5 Å². The summed E-state index contributed by atoms with van der Waals surface area (Å²) >= 11 is 0. The molecule has 4 nitrogen and oxygen atoms in total. The Morgan fingerprint density at radius 1 is 1.53 bits per heavy atom. The fraction of sp³-hybridized carbons (Fsp3) is 0.462. The number of fused-ring (bicyclic) bond motifs is 1. The summed E-state index contributed by atoms with van der Waals surface area (Å²) in [5, 5.41) is 12.2. The Morgan fingerprint density at radius 3 is 2.94 bits per heavy atom. The number of nitrogens with zero attached hydrogens (tertiary/aromatic N) is 2. The zero-order valence-electron chi connectivity index (χ0n) is 10.4. The number of hydrogen-bond donors (Lipinski definition) is 1. The smallest absolute Gasteiger partial charge is 0.160 e. The monoisotopic (exact) mass is 231 g/mol. The number of para-hydroxylation sites is 1. The molecule has 0 aromatic heterocycles. The number of nitrogens with one attached hydrogen (secondary N) is 1. The average molecular weight is 231 g/mol. The molecule has 0 saturated carbocycles. The molecule has 1 aromatic carbocycles. The Bertz CT molecular complexity index is 452. The Kier molecular flexibility index (Phi) is 3.21. The van der Waals surface area contributed by atoms with Crippen LogP contribution in [0.25, 0.3) is 0 Å². The molecule has 0 bridgehead atoms. The van der Waals surface area contributed by atoms with Gasteiger partial charge in [0.25, 0.3) is 0 Å². The molecular weight excluding hydrogens is 214 g/mol. The molecule has 1 aromatic rings. The number of hydrogen-bond acceptors (Lipinski definition) is 4. The molecule has 0 radical (unpaired) electrons. The maximum atomic E-state index is 9.10. The topological polar surface area (TPSA) is 48.3 Å². The molecule has 1 aliphatic rings. The van der Waals surface area contributed by atoms with E-state index in [0.717, 1.165) is 12.2 Å². The molecule has 0 spiro atoms. The van der Waals surface area contributed by atoms with E-state index in [2.05, 4.69) is 23.2 Å². The number of rotatable bonds is 2. The molecule has 0 aliphatic carbocycles. The molecule has 2 rings (SSSR count). The summed E-state index contributed by atoms with van der Waals surface area (Å²) in [6, 6.07) is 8.13. The van der Waals surface area contributed by atoms with Crippen molar-refractivity contribution >= 4 is 5.69 Å². The van der Waals surface area contributed by atoms with E-state index in [1.165, 1.54) is 0 Å². The first-order valence-corrected chi connectivity index (χ1v) is 5.76. The van der Waals surface area contributed by atoms with Gasteiger partial charge in [-0.1, -0.05) is 6.07 Å². The van der Waals surface area contributed by atoms with Gasteiger partial charge in [-0.15, -0.1) is 0 Å². The molecule has 2 unspecified atom stereocenters. The summed E-state index contributed by atoms with van der Waals surface area (Å²) in [6.07, 6.45) is 0.0620. The van der Waals surface area contributed by atoms with E-state index in [4.69, 9.17) is 10.00 Å². The fourth-order valence-electron chi connectivity index (χ4n) is 2.15. The van der Waals surface area contributed by atoms with Crippen LogP contribution in [0.2, 0.25) is 0 Å². The Morgan fingerprint density at radius 2 is 2.29 bits per heavy atom. The van der Waals surface area contributed by atoms with Gasteiger partial charge in [0.1, 0.15) is 12.2 Å². The average Bonchev–Trinajstić information content (AvgIpc) is 2.35. The van der Waals surface area contributed by atoms with Crippen LogP contribution in [0.5, 0.6) is 5.75 Å². The van der Waals surface area contributed by atoms with Gasteiger partial charge in [-0.05, 0) is 26.1 Å². The Labute approximate surface area is 102 Å². The van der Waals surface area contributed by atoms with Gasteiger partial charge < -0.3 is 15.0 Å². The predicted molar refractivity (Wildman–Crippen MR) is 67.4 cm³/mol. The second kappa shape index (κ2) is 4.64. The van der Waals surface area contributed by atoms with Gasteiger partial charge >= 0.3 is 0 Å². The molecule has 0 amide bonds. The molecule has 4 heteroatoms. The molecule has 0 fully saturated rings. The molecule has 0 saturated heterocycles. The minimum Gasteiger partial charge on any atom is -0.483 e. The third-order valence-electron chi connectivity index (χ3n) is 3.32. The molecular formula is C13H17N3O. The van der Waals surface area contributed by atoms with Crippen LogP contribution in [0.4, 0.5) is 5.69 Å². The first-order chi connectivity index (χ1) is 8.19. The lowest BCUT2D eigenvalue weighted by molar-refractivity contribution is 0.160. The van der Waals surface area contributed by atoms with Crippen LogP contribution in [0, 0.1) is 11.3 Å². The lowest BCUT2D eigenvalue weighted by Crippen LogP contribution is -2.50. The van der Waals surface area contributed by atoms with Crippen molar-refractivity contribution in [3.63, 3.8) is 0 Å². The predicted octanol–water partition coefficient (Wildman–Crippen LogP) is 1.36. The van der Waals surface area contributed by atoms with Crippen molar-refractivity contribution in [2.24, 2.45) is 0 Å². The molecule has 1 aliphatic heterocycles. The van der Waals surface area contributed by atoms with E-state index in [0.29, 0.717) is 11.3 Å². The van der Waals surface area contributed by atoms with Gasteiger partial charge in [-0.3, -0.25) is 0 Å². The highest BCUT2D eigenvalue weighted by Crippen LogP contribution is 2.37. The van der Waals surface area contributed by atoms with E-state index in [1.807, 2.05) is 26.2 Å². The highest BCUT2D eigenvalue weighted by Gasteiger charge is 2.31.